The maximum absolute atomic E-state index is 12.6. The highest BCUT2D eigenvalue weighted by atomic mass is 16.5. The van der Waals surface area contributed by atoms with Gasteiger partial charge in [-0.15, -0.1) is 0 Å². The summed E-state index contributed by atoms with van der Waals surface area (Å²) in [7, 11) is 3.97. The van der Waals surface area contributed by atoms with Crippen LogP contribution in [-0.4, -0.2) is 42.7 Å². The summed E-state index contributed by atoms with van der Waals surface area (Å²) in [6.07, 6.45) is 1.61. The van der Waals surface area contributed by atoms with E-state index < -0.39 is 5.97 Å². The van der Waals surface area contributed by atoms with Gasteiger partial charge in [0.05, 0.1) is 12.1 Å². The van der Waals surface area contributed by atoms with E-state index in [0.29, 0.717) is 11.9 Å². The quantitative estimate of drug-likeness (QED) is 0.790. The van der Waals surface area contributed by atoms with Crippen LogP contribution in [0.2, 0.25) is 0 Å². The first kappa shape index (κ1) is 19.9. The molecule has 0 saturated heterocycles. The molecule has 132 valence electrons. The van der Waals surface area contributed by atoms with Crippen molar-refractivity contribution in [3.05, 3.63) is 45.7 Å². The highest BCUT2D eigenvalue weighted by Crippen LogP contribution is 2.15. The van der Waals surface area contributed by atoms with Crippen molar-refractivity contribution in [1.29, 1.82) is 0 Å². The molecule has 0 fully saturated rings. The number of ether oxygens (including phenoxy) is 1. The van der Waals surface area contributed by atoms with Gasteiger partial charge in [0.15, 0.2) is 0 Å². The van der Waals surface area contributed by atoms with Gasteiger partial charge < -0.3 is 14.2 Å². The van der Waals surface area contributed by atoms with Crippen LogP contribution in [0.3, 0.4) is 0 Å². The first-order valence-corrected chi connectivity index (χ1v) is 8.39. The molecule has 5 heteroatoms. The molecular formula is C19H28N2O3. The molecule has 5 nitrogen and oxygen atoms in total. The molecular weight excluding hydrogens is 304 g/mol. The van der Waals surface area contributed by atoms with E-state index in [-0.39, 0.29) is 17.6 Å². The smallest absolute Gasteiger partial charge is 0.343 e. The number of hydrogen-bond donors (Lipinski definition) is 0. The van der Waals surface area contributed by atoms with Gasteiger partial charge in [0.2, 0.25) is 5.43 Å². The molecule has 1 heterocycles. The molecule has 1 aromatic carbocycles. The molecule has 0 aliphatic carbocycles. The van der Waals surface area contributed by atoms with Crippen molar-refractivity contribution >= 4 is 16.9 Å². The summed E-state index contributed by atoms with van der Waals surface area (Å²) in [6.45, 7) is 9.42. The van der Waals surface area contributed by atoms with Crippen molar-refractivity contribution < 1.29 is 9.53 Å². The number of carbonyl (C=O) groups excluding carboxylic acids is 1. The number of hydrogen-bond acceptors (Lipinski definition) is 4. The molecule has 0 atom stereocenters. The van der Waals surface area contributed by atoms with Crippen LogP contribution < -0.4 is 5.43 Å². The van der Waals surface area contributed by atoms with Crippen LogP contribution in [0, 0.1) is 6.92 Å². The minimum Gasteiger partial charge on any atom is -0.462 e. The van der Waals surface area contributed by atoms with E-state index in [1.807, 2.05) is 57.6 Å². The predicted octanol–water partition coefficient (Wildman–Crippen LogP) is 3.07. The lowest BCUT2D eigenvalue weighted by atomic mass is 10.1. The standard InChI is InChI=1S/C17H22N2O3.C2H6/c1-5-22-17(21)14-11-19(9-8-18(3)4)15-7-6-12(2)10-13(15)16(14)20;1-2/h6-7,10-11H,5,8-9H2,1-4H3;1-2H3. The summed E-state index contributed by atoms with van der Waals surface area (Å²) in [6, 6.07) is 5.72. The molecule has 0 aliphatic rings. The van der Waals surface area contributed by atoms with Crippen molar-refractivity contribution in [2.75, 3.05) is 27.2 Å². The topological polar surface area (TPSA) is 51.5 Å². The summed E-state index contributed by atoms with van der Waals surface area (Å²) in [5.41, 5.74) is 1.66. The van der Waals surface area contributed by atoms with Crippen molar-refractivity contribution in [1.82, 2.24) is 9.47 Å². The number of aryl methyl sites for hydroxylation is 1. The number of likely N-dealkylation sites (N-methyl/N-ethyl adjacent to an activating group) is 1. The summed E-state index contributed by atoms with van der Waals surface area (Å²) < 4.78 is 6.95. The van der Waals surface area contributed by atoms with Gasteiger partial charge >= 0.3 is 5.97 Å². The largest absolute Gasteiger partial charge is 0.462 e. The molecule has 0 aliphatic heterocycles. The lowest BCUT2D eigenvalue weighted by molar-refractivity contribution is 0.0524. The third kappa shape index (κ3) is 4.68. The van der Waals surface area contributed by atoms with E-state index in [1.54, 1.807) is 13.1 Å². The van der Waals surface area contributed by atoms with Gasteiger partial charge in [-0.05, 0) is 40.1 Å². The second-order valence-electron chi connectivity index (χ2n) is 5.61. The maximum Gasteiger partial charge on any atom is 0.343 e. The number of benzene rings is 1. The van der Waals surface area contributed by atoms with Gasteiger partial charge in [0.25, 0.3) is 0 Å². The zero-order valence-electron chi connectivity index (χ0n) is 15.5. The molecule has 2 rings (SSSR count). The molecule has 0 spiro atoms. The molecule has 2 aromatic rings. The number of fused-ring (bicyclic) bond motifs is 1. The van der Waals surface area contributed by atoms with Gasteiger partial charge in [-0.2, -0.15) is 0 Å². The highest BCUT2D eigenvalue weighted by molar-refractivity contribution is 5.93. The van der Waals surface area contributed by atoms with E-state index in [2.05, 4.69) is 4.90 Å². The Morgan fingerprint density at radius 2 is 1.92 bits per heavy atom. The SMILES string of the molecule is CC.CCOC(=O)c1cn(CCN(C)C)c2ccc(C)cc2c1=O. The molecule has 0 bridgehead atoms. The zero-order valence-corrected chi connectivity index (χ0v) is 15.5. The first-order valence-electron chi connectivity index (χ1n) is 8.39. The van der Waals surface area contributed by atoms with Gasteiger partial charge in [0.1, 0.15) is 5.56 Å². The lowest BCUT2D eigenvalue weighted by Crippen LogP contribution is -2.24. The Labute approximate surface area is 143 Å². The molecule has 0 N–H and O–H groups in total. The van der Waals surface area contributed by atoms with Crippen molar-refractivity contribution in [3.63, 3.8) is 0 Å². The summed E-state index contributed by atoms with van der Waals surface area (Å²) in [5, 5.41) is 0.560. The number of aromatic nitrogens is 1. The Balaban J connectivity index is 0.00000139. The second-order valence-corrected chi connectivity index (χ2v) is 5.61. The Kier molecular flexibility index (Phi) is 7.65. The normalized spacial score (nSPS) is 10.5. The van der Waals surface area contributed by atoms with E-state index in [0.717, 1.165) is 17.6 Å². The van der Waals surface area contributed by atoms with Crippen LogP contribution in [0.25, 0.3) is 10.9 Å². The van der Waals surface area contributed by atoms with Crippen molar-refractivity contribution in [2.24, 2.45) is 0 Å². The molecule has 24 heavy (non-hydrogen) atoms. The van der Waals surface area contributed by atoms with Gasteiger partial charge in [-0.25, -0.2) is 4.79 Å². The first-order chi connectivity index (χ1) is 11.4. The lowest BCUT2D eigenvalue weighted by Gasteiger charge is -2.16. The summed E-state index contributed by atoms with van der Waals surface area (Å²) >= 11 is 0. The number of carbonyl (C=O) groups is 1. The number of rotatable bonds is 5. The Hall–Kier alpha value is -2.14. The monoisotopic (exact) mass is 332 g/mol. The summed E-state index contributed by atoms with van der Waals surface area (Å²) in [5.74, 6) is -0.561. The molecule has 0 radical (unpaired) electrons. The van der Waals surface area contributed by atoms with E-state index >= 15 is 0 Å². The third-order valence-electron chi connectivity index (χ3n) is 3.52. The summed E-state index contributed by atoms with van der Waals surface area (Å²) in [4.78, 5) is 26.7. The average molecular weight is 332 g/mol. The minimum absolute atomic E-state index is 0.0960. The van der Waals surface area contributed by atoms with Crippen molar-refractivity contribution in [2.45, 2.75) is 34.2 Å². The number of pyridine rings is 1. The van der Waals surface area contributed by atoms with Crippen LogP contribution in [-0.2, 0) is 11.3 Å². The Morgan fingerprint density at radius 1 is 1.25 bits per heavy atom. The maximum atomic E-state index is 12.6. The Morgan fingerprint density at radius 3 is 2.50 bits per heavy atom. The van der Waals surface area contributed by atoms with E-state index in [4.69, 9.17) is 4.74 Å². The fraction of sp³-hybridized carbons (Fsp3) is 0.474. The molecule has 0 saturated carbocycles. The van der Waals surface area contributed by atoms with Crippen LogP contribution in [0.15, 0.2) is 29.2 Å². The molecule has 1 aromatic heterocycles. The van der Waals surface area contributed by atoms with Gasteiger partial charge in [-0.1, -0.05) is 25.5 Å². The zero-order chi connectivity index (χ0) is 18.3. The van der Waals surface area contributed by atoms with Gasteiger partial charge in [-0.3, -0.25) is 4.79 Å². The Bertz CT molecular complexity index is 748. The average Bonchev–Trinajstić information content (AvgIpc) is 2.56. The minimum atomic E-state index is -0.561. The van der Waals surface area contributed by atoms with Crippen LogP contribution in [0.1, 0.15) is 36.7 Å². The number of esters is 1. The van der Waals surface area contributed by atoms with E-state index in [1.165, 1.54) is 0 Å². The van der Waals surface area contributed by atoms with E-state index in [9.17, 15) is 9.59 Å². The van der Waals surface area contributed by atoms with Crippen LogP contribution in [0.4, 0.5) is 0 Å². The highest BCUT2D eigenvalue weighted by Gasteiger charge is 2.16. The fourth-order valence-corrected chi connectivity index (χ4v) is 2.36. The second kappa shape index (κ2) is 9.23. The van der Waals surface area contributed by atoms with Crippen molar-refractivity contribution in [3.8, 4) is 0 Å². The fourth-order valence-electron chi connectivity index (χ4n) is 2.36. The van der Waals surface area contributed by atoms with Crippen LogP contribution >= 0.6 is 0 Å². The van der Waals surface area contributed by atoms with Gasteiger partial charge in [0, 0.05) is 24.7 Å². The molecule has 0 amide bonds. The van der Waals surface area contributed by atoms with Crippen LogP contribution in [0.5, 0.6) is 0 Å². The third-order valence-corrected chi connectivity index (χ3v) is 3.52. The predicted molar refractivity (Wildman–Crippen MR) is 98.8 cm³/mol. The number of nitrogens with zero attached hydrogens (tertiary/aromatic N) is 2. The molecule has 0 unspecified atom stereocenters.